The normalized spacial score (nSPS) is 17.7. The number of carbonyl (C=O) groups is 2. The number of hydrogen-bond donors (Lipinski definition) is 4. The predicted octanol–water partition coefficient (Wildman–Crippen LogP) is 4.95. The molecule has 4 N–H and O–H groups in total. The molecule has 7 nitrogen and oxygen atoms in total. The van der Waals surface area contributed by atoms with Crippen LogP contribution in [0.3, 0.4) is 0 Å². The van der Waals surface area contributed by atoms with Gasteiger partial charge in [0, 0.05) is 43.9 Å². The fourth-order valence-electron chi connectivity index (χ4n) is 4.57. The highest BCUT2D eigenvalue weighted by Gasteiger charge is 2.29. The Kier molecular flexibility index (Phi) is 15.9. The van der Waals surface area contributed by atoms with E-state index >= 15 is 0 Å². The largest absolute Gasteiger partial charge is 0.354 e. The number of carbonyl (C=O) groups excluding carboxylic acids is 2. The molecule has 35 heavy (non-hydrogen) atoms. The molecule has 0 bridgehead atoms. The van der Waals surface area contributed by atoms with Gasteiger partial charge in [-0.3, -0.25) is 9.59 Å². The van der Waals surface area contributed by atoms with Gasteiger partial charge >= 0.3 is 0 Å². The van der Waals surface area contributed by atoms with Crippen molar-refractivity contribution in [1.29, 1.82) is 0 Å². The van der Waals surface area contributed by atoms with E-state index in [0.29, 0.717) is 25.9 Å². The Hall–Kier alpha value is -2.15. The van der Waals surface area contributed by atoms with Gasteiger partial charge in [-0.2, -0.15) is 0 Å². The van der Waals surface area contributed by atoms with Crippen LogP contribution < -0.4 is 16.0 Å². The number of imidazole rings is 1. The van der Waals surface area contributed by atoms with Crippen LogP contribution >= 0.6 is 0 Å². The summed E-state index contributed by atoms with van der Waals surface area (Å²) in [6, 6.07) is -0.198. The average Bonchev–Trinajstić information content (AvgIpc) is 3.54. The van der Waals surface area contributed by atoms with E-state index in [9.17, 15) is 9.59 Å². The second kappa shape index (κ2) is 19.1. The summed E-state index contributed by atoms with van der Waals surface area (Å²) in [5.41, 5.74) is 1.01. The molecule has 1 aromatic heterocycles. The molecule has 7 heteroatoms. The number of amides is 2. The zero-order valence-electron chi connectivity index (χ0n) is 22.0. The predicted molar refractivity (Wildman–Crippen MR) is 143 cm³/mol. The van der Waals surface area contributed by atoms with Gasteiger partial charge in [0.2, 0.25) is 11.8 Å². The van der Waals surface area contributed by atoms with Gasteiger partial charge < -0.3 is 20.9 Å². The lowest BCUT2D eigenvalue weighted by Crippen LogP contribution is -2.41. The molecule has 0 unspecified atom stereocenters. The van der Waals surface area contributed by atoms with E-state index in [-0.39, 0.29) is 23.9 Å². The van der Waals surface area contributed by atoms with Gasteiger partial charge in [0.25, 0.3) is 0 Å². The van der Waals surface area contributed by atoms with Crippen molar-refractivity contribution in [2.75, 3.05) is 13.1 Å². The summed E-state index contributed by atoms with van der Waals surface area (Å²) in [6.45, 7) is 3.49. The number of unbranched alkanes of at least 4 members (excludes halogenated alkanes) is 11. The minimum atomic E-state index is -0.234. The van der Waals surface area contributed by atoms with E-state index in [4.69, 9.17) is 0 Å². The van der Waals surface area contributed by atoms with Crippen LogP contribution in [0.25, 0.3) is 0 Å². The number of nitrogens with one attached hydrogen (secondary N) is 4. The van der Waals surface area contributed by atoms with Crippen molar-refractivity contribution in [3.8, 4) is 0 Å². The molecule has 2 rings (SSSR count). The molecule has 1 aromatic rings. The number of H-pyrrole nitrogens is 1. The third-order valence-corrected chi connectivity index (χ3v) is 6.73. The van der Waals surface area contributed by atoms with Gasteiger partial charge in [-0.25, -0.2) is 4.98 Å². The summed E-state index contributed by atoms with van der Waals surface area (Å²) >= 11 is 0. The highest BCUT2D eigenvalue weighted by atomic mass is 16.2. The Morgan fingerprint density at radius 2 is 1.69 bits per heavy atom. The zero-order valence-corrected chi connectivity index (χ0v) is 22.0. The van der Waals surface area contributed by atoms with Gasteiger partial charge in [0.15, 0.2) is 0 Å². The molecule has 1 fully saturated rings. The van der Waals surface area contributed by atoms with E-state index in [1.54, 1.807) is 12.5 Å². The second-order valence-corrected chi connectivity index (χ2v) is 9.91. The molecule has 0 saturated carbocycles. The lowest BCUT2D eigenvalue weighted by Gasteiger charge is -2.13. The number of nitrogens with zero attached hydrogens (tertiary/aromatic N) is 1. The summed E-state index contributed by atoms with van der Waals surface area (Å²) in [6.07, 6.45) is 26.4. The van der Waals surface area contributed by atoms with Crippen molar-refractivity contribution >= 4 is 11.8 Å². The standard InChI is InChI=1S/C28H49N5O2/c1-2-3-4-5-6-7-8-9-10-11-12-13-14-15-16-17-27(34)33-25-20-26(31-22-25)28(35)30-19-18-24-21-29-23-32-24/h9-10,21,23,25-26,31H,2-8,11-20,22H2,1H3,(H,29,32)(H,30,35)(H,33,34)/t25-,26-/m0/s1. The first-order valence-corrected chi connectivity index (χ1v) is 14.1. The third kappa shape index (κ3) is 14.1. The van der Waals surface area contributed by atoms with Crippen molar-refractivity contribution in [2.45, 2.75) is 122 Å². The zero-order chi connectivity index (χ0) is 25.0. The van der Waals surface area contributed by atoms with E-state index in [1.807, 2.05) is 0 Å². The Labute approximate surface area is 212 Å². The van der Waals surface area contributed by atoms with Crippen molar-refractivity contribution in [3.05, 3.63) is 30.4 Å². The molecular formula is C28H49N5O2. The van der Waals surface area contributed by atoms with Crippen LogP contribution in [0.1, 0.15) is 109 Å². The summed E-state index contributed by atoms with van der Waals surface area (Å²) in [5.74, 6) is 0.105. The van der Waals surface area contributed by atoms with Gasteiger partial charge in [-0.1, -0.05) is 70.4 Å². The molecule has 0 radical (unpaired) electrons. The minimum Gasteiger partial charge on any atom is -0.354 e. The highest BCUT2D eigenvalue weighted by molar-refractivity contribution is 5.82. The van der Waals surface area contributed by atoms with Gasteiger partial charge in [-0.15, -0.1) is 0 Å². The van der Waals surface area contributed by atoms with Crippen molar-refractivity contribution in [2.24, 2.45) is 0 Å². The quantitative estimate of drug-likeness (QED) is 0.154. The Morgan fingerprint density at radius 1 is 1.00 bits per heavy atom. The second-order valence-electron chi connectivity index (χ2n) is 9.91. The lowest BCUT2D eigenvalue weighted by atomic mass is 10.1. The SMILES string of the molecule is CCCCCCCCC=CCCCCCCCC(=O)N[C@@H]1CN[C@H](C(=O)NCCc2cnc[nH]2)C1. The smallest absolute Gasteiger partial charge is 0.237 e. The fourth-order valence-corrected chi connectivity index (χ4v) is 4.57. The average molecular weight is 488 g/mol. The maximum atomic E-state index is 12.3. The molecule has 2 heterocycles. The third-order valence-electron chi connectivity index (χ3n) is 6.73. The Bertz CT molecular complexity index is 704. The van der Waals surface area contributed by atoms with Crippen LogP contribution in [0.2, 0.25) is 0 Å². The maximum Gasteiger partial charge on any atom is 0.237 e. The van der Waals surface area contributed by atoms with E-state index in [2.05, 4.69) is 45.0 Å². The van der Waals surface area contributed by atoms with Crippen LogP contribution in [0.15, 0.2) is 24.7 Å². The van der Waals surface area contributed by atoms with E-state index in [1.165, 1.54) is 70.6 Å². The molecule has 198 valence electrons. The van der Waals surface area contributed by atoms with Crippen LogP contribution in [0, 0.1) is 0 Å². The maximum absolute atomic E-state index is 12.3. The van der Waals surface area contributed by atoms with Crippen LogP contribution in [-0.2, 0) is 16.0 Å². The van der Waals surface area contributed by atoms with Crippen molar-refractivity contribution in [3.63, 3.8) is 0 Å². The fraction of sp³-hybridized carbons (Fsp3) is 0.750. The molecule has 0 aromatic carbocycles. The molecule has 2 atom stereocenters. The number of aromatic nitrogens is 2. The van der Waals surface area contributed by atoms with Crippen molar-refractivity contribution < 1.29 is 9.59 Å². The van der Waals surface area contributed by atoms with Gasteiger partial charge in [0.05, 0.1) is 12.4 Å². The topological polar surface area (TPSA) is 98.9 Å². The summed E-state index contributed by atoms with van der Waals surface area (Å²) in [7, 11) is 0. The lowest BCUT2D eigenvalue weighted by molar-refractivity contribution is -0.123. The summed E-state index contributed by atoms with van der Waals surface area (Å²) in [5, 5.41) is 9.27. The molecular weight excluding hydrogens is 438 g/mol. The summed E-state index contributed by atoms with van der Waals surface area (Å²) in [4.78, 5) is 31.6. The number of rotatable bonds is 20. The molecule has 0 aliphatic carbocycles. The first kappa shape index (κ1) is 29.1. The minimum absolute atomic E-state index is 0.00137. The Morgan fingerprint density at radius 3 is 2.37 bits per heavy atom. The van der Waals surface area contributed by atoms with E-state index < -0.39 is 0 Å². The summed E-state index contributed by atoms with van der Waals surface area (Å²) < 4.78 is 0. The molecule has 1 aliphatic rings. The van der Waals surface area contributed by atoms with E-state index in [0.717, 1.165) is 25.0 Å². The molecule has 0 spiro atoms. The number of allylic oxidation sites excluding steroid dienone is 2. The van der Waals surface area contributed by atoms with Crippen LogP contribution in [0.5, 0.6) is 0 Å². The van der Waals surface area contributed by atoms with Crippen LogP contribution in [0.4, 0.5) is 0 Å². The highest BCUT2D eigenvalue weighted by Crippen LogP contribution is 2.11. The first-order valence-electron chi connectivity index (χ1n) is 14.1. The number of hydrogen-bond acceptors (Lipinski definition) is 4. The monoisotopic (exact) mass is 487 g/mol. The van der Waals surface area contributed by atoms with Gasteiger partial charge in [0.1, 0.15) is 0 Å². The molecule has 1 saturated heterocycles. The Balaban J connectivity index is 1.38. The van der Waals surface area contributed by atoms with Crippen LogP contribution in [-0.4, -0.2) is 47.0 Å². The molecule has 1 aliphatic heterocycles. The number of aromatic amines is 1. The molecule has 2 amide bonds. The van der Waals surface area contributed by atoms with Gasteiger partial charge in [-0.05, 0) is 38.5 Å². The van der Waals surface area contributed by atoms with Crippen molar-refractivity contribution in [1.82, 2.24) is 25.9 Å². The first-order chi connectivity index (χ1) is 17.2.